The van der Waals surface area contributed by atoms with Crippen LogP contribution in [-0.4, -0.2) is 35.8 Å². The molecule has 2 atom stereocenters. The van der Waals surface area contributed by atoms with Crippen LogP contribution in [0, 0.1) is 6.92 Å². The van der Waals surface area contributed by atoms with Crippen molar-refractivity contribution in [3.8, 4) is 0 Å². The van der Waals surface area contributed by atoms with Gasteiger partial charge in [0.1, 0.15) is 23.2 Å². The van der Waals surface area contributed by atoms with Gasteiger partial charge in [0.05, 0.1) is 19.3 Å². The Labute approximate surface area is 119 Å². The predicted octanol–water partition coefficient (Wildman–Crippen LogP) is 3.28. The molecule has 2 rings (SSSR count). The van der Waals surface area contributed by atoms with Gasteiger partial charge in [-0.2, -0.15) is 0 Å². The molecule has 1 aromatic rings. The maximum absolute atomic E-state index is 12.4. The van der Waals surface area contributed by atoms with E-state index in [9.17, 15) is 4.79 Å². The van der Waals surface area contributed by atoms with E-state index >= 15 is 0 Å². The van der Waals surface area contributed by atoms with Gasteiger partial charge < -0.3 is 13.9 Å². The Bertz CT molecular complexity index is 474. The van der Waals surface area contributed by atoms with Crippen molar-refractivity contribution in [1.82, 2.24) is 4.90 Å². The molecule has 5 heteroatoms. The highest BCUT2D eigenvalue weighted by Gasteiger charge is 2.37. The summed E-state index contributed by atoms with van der Waals surface area (Å²) < 4.78 is 16.7. The first kappa shape index (κ1) is 14.9. The van der Waals surface area contributed by atoms with Crippen molar-refractivity contribution in [2.24, 2.45) is 0 Å². The summed E-state index contributed by atoms with van der Waals surface area (Å²) in [5, 5.41) is 0. The molecular weight excluding hydrogens is 258 g/mol. The molecule has 0 radical (unpaired) electrons. The Kier molecular flexibility index (Phi) is 4.09. The quantitative estimate of drug-likeness (QED) is 0.792. The second kappa shape index (κ2) is 5.48. The second-order valence-electron chi connectivity index (χ2n) is 6.24. The number of aryl methyl sites for hydroxylation is 1. The molecule has 112 valence electrons. The van der Waals surface area contributed by atoms with E-state index in [1.165, 1.54) is 0 Å². The lowest BCUT2D eigenvalue weighted by Gasteiger charge is -2.39. The maximum Gasteiger partial charge on any atom is 0.411 e. The van der Waals surface area contributed by atoms with E-state index in [1.807, 2.05) is 46.8 Å². The topological polar surface area (TPSA) is 51.9 Å². The zero-order chi connectivity index (χ0) is 14.9. The number of ether oxygens (including phenoxy) is 2. The Morgan fingerprint density at radius 2 is 2.05 bits per heavy atom. The highest BCUT2D eigenvalue weighted by Crippen LogP contribution is 2.30. The molecule has 0 saturated carbocycles. The van der Waals surface area contributed by atoms with Gasteiger partial charge in [0, 0.05) is 0 Å². The van der Waals surface area contributed by atoms with E-state index in [-0.39, 0.29) is 18.2 Å². The third kappa shape index (κ3) is 3.33. The van der Waals surface area contributed by atoms with Crippen LogP contribution in [0.3, 0.4) is 0 Å². The SMILES string of the molecule is Cc1ccc(C2COCC(C)N2C(=O)OC(C)(C)C)o1. The summed E-state index contributed by atoms with van der Waals surface area (Å²) in [5.41, 5.74) is -0.515. The van der Waals surface area contributed by atoms with Crippen LogP contribution in [0.1, 0.15) is 45.3 Å². The number of nitrogens with zero attached hydrogens (tertiary/aromatic N) is 1. The van der Waals surface area contributed by atoms with E-state index in [4.69, 9.17) is 13.9 Å². The van der Waals surface area contributed by atoms with Gasteiger partial charge in [-0.15, -0.1) is 0 Å². The van der Waals surface area contributed by atoms with Crippen LogP contribution >= 0.6 is 0 Å². The minimum Gasteiger partial charge on any atom is -0.464 e. The molecule has 0 bridgehead atoms. The predicted molar refractivity (Wildman–Crippen MR) is 74.5 cm³/mol. The van der Waals surface area contributed by atoms with Crippen molar-refractivity contribution in [2.45, 2.75) is 52.3 Å². The number of carbonyl (C=O) groups excluding carboxylic acids is 1. The molecule has 1 aromatic heterocycles. The molecular formula is C15H23NO4. The fourth-order valence-electron chi connectivity index (χ4n) is 2.29. The largest absolute Gasteiger partial charge is 0.464 e. The fraction of sp³-hybridized carbons (Fsp3) is 0.667. The average molecular weight is 281 g/mol. The van der Waals surface area contributed by atoms with Crippen molar-refractivity contribution in [2.75, 3.05) is 13.2 Å². The lowest BCUT2D eigenvalue weighted by molar-refractivity contribution is -0.0621. The van der Waals surface area contributed by atoms with Crippen molar-refractivity contribution in [1.29, 1.82) is 0 Å². The van der Waals surface area contributed by atoms with Gasteiger partial charge in [0.2, 0.25) is 0 Å². The van der Waals surface area contributed by atoms with Crippen molar-refractivity contribution >= 4 is 6.09 Å². The molecule has 0 N–H and O–H groups in total. The average Bonchev–Trinajstić information content (AvgIpc) is 2.73. The lowest BCUT2D eigenvalue weighted by Crippen LogP contribution is -2.50. The van der Waals surface area contributed by atoms with E-state index in [2.05, 4.69) is 0 Å². The maximum atomic E-state index is 12.4. The fourth-order valence-corrected chi connectivity index (χ4v) is 2.29. The van der Waals surface area contributed by atoms with E-state index < -0.39 is 5.60 Å². The zero-order valence-corrected chi connectivity index (χ0v) is 12.8. The summed E-state index contributed by atoms with van der Waals surface area (Å²) in [6.45, 7) is 10.4. The smallest absolute Gasteiger partial charge is 0.411 e. The van der Waals surface area contributed by atoms with Gasteiger partial charge in [-0.25, -0.2) is 4.79 Å². The molecule has 1 aliphatic heterocycles. The highest BCUT2D eigenvalue weighted by atomic mass is 16.6. The molecule has 1 aliphatic rings. The molecule has 20 heavy (non-hydrogen) atoms. The normalized spacial score (nSPS) is 23.8. The van der Waals surface area contributed by atoms with Crippen LogP contribution in [0.15, 0.2) is 16.5 Å². The Morgan fingerprint density at radius 3 is 2.60 bits per heavy atom. The Hall–Kier alpha value is -1.49. The van der Waals surface area contributed by atoms with Crippen LogP contribution in [0.4, 0.5) is 4.79 Å². The zero-order valence-electron chi connectivity index (χ0n) is 12.8. The number of carbonyl (C=O) groups is 1. The van der Waals surface area contributed by atoms with Gasteiger partial charge in [0.25, 0.3) is 0 Å². The molecule has 0 aliphatic carbocycles. The minimum absolute atomic E-state index is 0.0472. The van der Waals surface area contributed by atoms with Gasteiger partial charge in [-0.05, 0) is 46.8 Å². The van der Waals surface area contributed by atoms with Gasteiger partial charge in [-0.1, -0.05) is 0 Å². The van der Waals surface area contributed by atoms with Crippen LogP contribution in [0.2, 0.25) is 0 Å². The second-order valence-corrected chi connectivity index (χ2v) is 6.24. The van der Waals surface area contributed by atoms with Crippen LogP contribution in [0.25, 0.3) is 0 Å². The monoisotopic (exact) mass is 281 g/mol. The number of morpholine rings is 1. The Balaban J connectivity index is 2.22. The number of amides is 1. The first-order valence-electron chi connectivity index (χ1n) is 6.93. The number of hydrogen-bond acceptors (Lipinski definition) is 4. The number of hydrogen-bond donors (Lipinski definition) is 0. The third-order valence-corrected chi connectivity index (χ3v) is 3.14. The number of rotatable bonds is 1. The first-order chi connectivity index (χ1) is 9.28. The van der Waals surface area contributed by atoms with E-state index in [1.54, 1.807) is 4.90 Å². The first-order valence-corrected chi connectivity index (χ1v) is 6.93. The van der Waals surface area contributed by atoms with Crippen LogP contribution < -0.4 is 0 Å². The molecule has 2 unspecified atom stereocenters. The van der Waals surface area contributed by atoms with Crippen molar-refractivity contribution < 1.29 is 18.7 Å². The summed E-state index contributed by atoms with van der Waals surface area (Å²) in [6.07, 6.45) is -0.327. The third-order valence-electron chi connectivity index (χ3n) is 3.14. The summed E-state index contributed by atoms with van der Waals surface area (Å²) in [6, 6.07) is 3.50. The highest BCUT2D eigenvalue weighted by molar-refractivity contribution is 5.69. The molecule has 1 fully saturated rings. The van der Waals surface area contributed by atoms with Crippen LogP contribution in [-0.2, 0) is 9.47 Å². The van der Waals surface area contributed by atoms with Gasteiger partial charge in [0.15, 0.2) is 0 Å². The Morgan fingerprint density at radius 1 is 1.35 bits per heavy atom. The number of furan rings is 1. The van der Waals surface area contributed by atoms with Crippen molar-refractivity contribution in [3.63, 3.8) is 0 Å². The van der Waals surface area contributed by atoms with E-state index in [0.717, 1.165) is 11.5 Å². The van der Waals surface area contributed by atoms with Crippen molar-refractivity contribution in [3.05, 3.63) is 23.7 Å². The molecule has 2 heterocycles. The summed E-state index contributed by atoms with van der Waals surface area (Å²) in [4.78, 5) is 14.1. The van der Waals surface area contributed by atoms with Gasteiger partial charge >= 0.3 is 6.09 Å². The molecule has 1 saturated heterocycles. The lowest BCUT2D eigenvalue weighted by atomic mass is 10.1. The summed E-state index contributed by atoms with van der Waals surface area (Å²) >= 11 is 0. The minimum atomic E-state index is -0.515. The van der Waals surface area contributed by atoms with E-state index in [0.29, 0.717) is 13.2 Å². The van der Waals surface area contributed by atoms with Gasteiger partial charge in [-0.3, -0.25) is 4.90 Å². The molecule has 0 spiro atoms. The summed E-state index contributed by atoms with van der Waals surface area (Å²) in [7, 11) is 0. The summed E-state index contributed by atoms with van der Waals surface area (Å²) in [5.74, 6) is 1.56. The van der Waals surface area contributed by atoms with Crippen LogP contribution in [0.5, 0.6) is 0 Å². The molecule has 1 amide bonds. The molecule has 0 aromatic carbocycles. The molecule has 5 nitrogen and oxygen atoms in total. The standard InChI is InChI=1S/C15H23NO4/c1-10-8-18-9-12(13-7-6-11(2)19-13)16(10)14(17)20-15(3,4)5/h6-7,10,12H,8-9H2,1-5H3.